The van der Waals surface area contributed by atoms with Gasteiger partial charge in [0.05, 0.1) is 16.3 Å². The normalized spacial score (nSPS) is 25.5. The number of carboxylic acid groups (broad SMARTS) is 1. The first kappa shape index (κ1) is 14.5. The van der Waals surface area contributed by atoms with Crippen molar-refractivity contribution in [3.63, 3.8) is 0 Å². The second-order valence-electron chi connectivity index (χ2n) is 6.15. The molecule has 2 atom stereocenters. The summed E-state index contributed by atoms with van der Waals surface area (Å²) < 4.78 is 0. The fourth-order valence-corrected chi connectivity index (χ4v) is 4.31. The van der Waals surface area contributed by atoms with Crippen LogP contribution in [0.15, 0.2) is 12.1 Å². The van der Waals surface area contributed by atoms with Crippen molar-refractivity contribution >= 4 is 28.9 Å². The van der Waals surface area contributed by atoms with Gasteiger partial charge in [-0.2, -0.15) is 0 Å². The second-order valence-corrected chi connectivity index (χ2v) is 6.56. The van der Waals surface area contributed by atoms with E-state index in [-0.39, 0.29) is 5.56 Å². The van der Waals surface area contributed by atoms with Crippen LogP contribution in [0.3, 0.4) is 0 Å². The number of anilines is 2. The van der Waals surface area contributed by atoms with Crippen molar-refractivity contribution in [1.29, 1.82) is 0 Å². The fraction of sp³-hybridized carbons (Fsp3) is 0.562. The van der Waals surface area contributed by atoms with Gasteiger partial charge in [-0.1, -0.05) is 24.4 Å². The predicted molar refractivity (Wildman–Crippen MR) is 85.1 cm³/mol. The van der Waals surface area contributed by atoms with Crippen LogP contribution in [0.5, 0.6) is 0 Å². The molecule has 4 nitrogen and oxygen atoms in total. The summed E-state index contributed by atoms with van der Waals surface area (Å²) in [5.74, 6) is -0.292. The van der Waals surface area contributed by atoms with E-state index < -0.39 is 5.97 Å². The van der Waals surface area contributed by atoms with E-state index in [2.05, 4.69) is 4.90 Å². The molecule has 1 aromatic rings. The molecule has 0 unspecified atom stereocenters. The molecule has 0 spiro atoms. The van der Waals surface area contributed by atoms with Gasteiger partial charge in [-0.05, 0) is 43.7 Å². The number of benzene rings is 1. The van der Waals surface area contributed by atoms with E-state index in [1.165, 1.54) is 31.7 Å². The molecule has 114 valence electrons. The standard InChI is InChI=1S/C16H21ClN2O2/c17-13-9-11(18)8-12(16(20)21)15(13)19-7-3-5-10-4-1-2-6-14(10)19/h8-10,14H,1-7,18H2,(H,20,21)/t10-,14-/m1/s1. The van der Waals surface area contributed by atoms with Gasteiger partial charge < -0.3 is 15.7 Å². The van der Waals surface area contributed by atoms with E-state index in [1.807, 2.05) is 0 Å². The monoisotopic (exact) mass is 308 g/mol. The van der Waals surface area contributed by atoms with Crippen molar-refractivity contribution < 1.29 is 9.90 Å². The van der Waals surface area contributed by atoms with Gasteiger partial charge in [-0.3, -0.25) is 0 Å². The lowest BCUT2D eigenvalue weighted by atomic mass is 9.78. The Kier molecular flexibility index (Phi) is 3.98. The van der Waals surface area contributed by atoms with Gasteiger partial charge in [-0.15, -0.1) is 0 Å². The summed E-state index contributed by atoms with van der Waals surface area (Å²) in [7, 11) is 0. The van der Waals surface area contributed by atoms with Crippen LogP contribution in [0.4, 0.5) is 11.4 Å². The van der Waals surface area contributed by atoms with Crippen molar-refractivity contribution in [1.82, 2.24) is 0 Å². The maximum absolute atomic E-state index is 11.6. The highest BCUT2D eigenvalue weighted by atomic mass is 35.5. The van der Waals surface area contributed by atoms with Crippen LogP contribution in [0.2, 0.25) is 5.02 Å². The molecule has 1 saturated heterocycles. The highest BCUT2D eigenvalue weighted by Crippen LogP contribution is 2.42. The van der Waals surface area contributed by atoms with Gasteiger partial charge >= 0.3 is 5.97 Å². The smallest absolute Gasteiger partial charge is 0.337 e. The van der Waals surface area contributed by atoms with Crippen LogP contribution in [0.25, 0.3) is 0 Å². The zero-order valence-electron chi connectivity index (χ0n) is 12.0. The van der Waals surface area contributed by atoms with Gasteiger partial charge in [-0.25, -0.2) is 4.79 Å². The van der Waals surface area contributed by atoms with Gasteiger partial charge in [0, 0.05) is 18.3 Å². The minimum absolute atomic E-state index is 0.228. The van der Waals surface area contributed by atoms with Crippen LogP contribution in [0.1, 0.15) is 48.9 Å². The van der Waals surface area contributed by atoms with Crippen molar-refractivity contribution in [2.24, 2.45) is 5.92 Å². The zero-order chi connectivity index (χ0) is 15.0. The molecule has 1 aliphatic carbocycles. The van der Waals surface area contributed by atoms with Gasteiger partial charge in [0.1, 0.15) is 0 Å². The molecule has 2 fully saturated rings. The van der Waals surface area contributed by atoms with Crippen LogP contribution >= 0.6 is 11.6 Å². The minimum atomic E-state index is -0.961. The molecule has 1 aromatic carbocycles. The molecular weight excluding hydrogens is 288 g/mol. The molecule has 0 bridgehead atoms. The average Bonchev–Trinajstić information content (AvgIpc) is 2.46. The molecule has 5 heteroatoms. The lowest BCUT2D eigenvalue weighted by Gasteiger charge is -2.46. The Bertz CT molecular complexity index is 559. The number of halogens is 1. The predicted octanol–water partition coefficient (Wildman–Crippen LogP) is 3.78. The van der Waals surface area contributed by atoms with Crippen molar-refractivity contribution in [2.75, 3.05) is 17.2 Å². The summed E-state index contributed by atoms with van der Waals surface area (Å²) in [5.41, 5.74) is 7.05. The Balaban J connectivity index is 2.04. The summed E-state index contributed by atoms with van der Waals surface area (Å²) in [6.07, 6.45) is 7.22. The van der Waals surface area contributed by atoms with E-state index in [0.29, 0.717) is 28.4 Å². The highest BCUT2D eigenvalue weighted by molar-refractivity contribution is 6.34. The Morgan fingerprint density at radius 2 is 1.95 bits per heavy atom. The molecule has 0 aromatic heterocycles. The molecule has 3 rings (SSSR count). The first-order valence-electron chi connectivity index (χ1n) is 7.67. The van der Waals surface area contributed by atoms with Crippen LogP contribution < -0.4 is 10.6 Å². The number of aromatic carboxylic acids is 1. The molecule has 2 aliphatic rings. The molecule has 3 N–H and O–H groups in total. The lowest BCUT2D eigenvalue weighted by Crippen LogP contribution is -2.47. The first-order valence-corrected chi connectivity index (χ1v) is 8.04. The highest BCUT2D eigenvalue weighted by Gasteiger charge is 2.35. The maximum Gasteiger partial charge on any atom is 0.337 e. The molecule has 21 heavy (non-hydrogen) atoms. The fourth-order valence-electron chi connectivity index (χ4n) is 3.98. The molecule has 0 amide bonds. The van der Waals surface area contributed by atoms with E-state index >= 15 is 0 Å². The van der Waals surface area contributed by atoms with Crippen LogP contribution in [0, 0.1) is 5.92 Å². The third-order valence-electron chi connectivity index (χ3n) is 4.85. The van der Waals surface area contributed by atoms with Gasteiger partial charge in [0.2, 0.25) is 0 Å². The van der Waals surface area contributed by atoms with E-state index in [1.54, 1.807) is 6.07 Å². The Morgan fingerprint density at radius 3 is 2.71 bits per heavy atom. The van der Waals surface area contributed by atoms with Gasteiger partial charge in [0.15, 0.2) is 0 Å². The molecular formula is C16H21ClN2O2. The van der Waals surface area contributed by atoms with Crippen molar-refractivity contribution in [3.05, 3.63) is 22.7 Å². The summed E-state index contributed by atoms with van der Waals surface area (Å²) in [6.45, 7) is 0.880. The van der Waals surface area contributed by atoms with E-state index in [4.69, 9.17) is 17.3 Å². The maximum atomic E-state index is 11.6. The number of hydrogen-bond acceptors (Lipinski definition) is 3. The number of carboxylic acids is 1. The number of piperidine rings is 1. The number of hydrogen-bond donors (Lipinski definition) is 2. The number of nitrogens with zero attached hydrogens (tertiary/aromatic N) is 1. The summed E-state index contributed by atoms with van der Waals surface area (Å²) in [4.78, 5) is 13.8. The number of nitrogen functional groups attached to an aromatic ring is 1. The number of nitrogens with two attached hydrogens (primary N) is 1. The van der Waals surface area contributed by atoms with E-state index in [0.717, 1.165) is 19.4 Å². The summed E-state index contributed by atoms with van der Waals surface area (Å²) in [6, 6.07) is 3.61. The average molecular weight is 309 g/mol. The quantitative estimate of drug-likeness (QED) is 0.816. The zero-order valence-corrected chi connectivity index (χ0v) is 12.8. The molecule has 1 aliphatic heterocycles. The van der Waals surface area contributed by atoms with Crippen molar-refractivity contribution in [3.8, 4) is 0 Å². The number of rotatable bonds is 2. The Hall–Kier alpha value is -1.42. The lowest BCUT2D eigenvalue weighted by molar-refractivity contribution is 0.0697. The minimum Gasteiger partial charge on any atom is -0.478 e. The molecule has 0 radical (unpaired) electrons. The molecule has 1 heterocycles. The second kappa shape index (κ2) is 5.76. The van der Waals surface area contributed by atoms with Gasteiger partial charge in [0.25, 0.3) is 0 Å². The van der Waals surface area contributed by atoms with Crippen molar-refractivity contribution in [2.45, 2.75) is 44.6 Å². The first-order chi connectivity index (χ1) is 10.1. The Labute approximate surface area is 129 Å². The topological polar surface area (TPSA) is 66.6 Å². The largest absolute Gasteiger partial charge is 0.478 e. The number of fused-ring (bicyclic) bond motifs is 1. The molecule has 1 saturated carbocycles. The van der Waals surface area contributed by atoms with Crippen LogP contribution in [-0.4, -0.2) is 23.7 Å². The SMILES string of the molecule is Nc1cc(Cl)c(N2CCC[C@H]3CCCC[C@H]32)c(C(=O)O)c1. The summed E-state index contributed by atoms with van der Waals surface area (Å²) >= 11 is 6.36. The van der Waals surface area contributed by atoms with E-state index in [9.17, 15) is 9.90 Å². The number of carbonyl (C=O) groups is 1. The van der Waals surface area contributed by atoms with Crippen LogP contribution in [-0.2, 0) is 0 Å². The third-order valence-corrected chi connectivity index (χ3v) is 5.13. The summed E-state index contributed by atoms with van der Waals surface area (Å²) in [5, 5.41) is 9.96. The Morgan fingerprint density at radius 1 is 1.24 bits per heavy atom. The third kappa shape index (κ3) is 2.69.